The second kappa shape index (κ2) is 20.1. The molecule has 0 amide bonds. The van der Waals surface area contributed by atoms with E-state index in [1.807, 2.05) is 13.8 Å². The van der Waals surface area contributed by atoms with Crippen molar-refractivity contribution < 1.29 is 0 Å². The first-order chi connectivity index (χ1) is 28.0. The predicted octanol–water partition coefficient (Wildman–Crippen LogP) is 16.2. The Labute approximate surface area is 345 Å². The Morgan fingerprint density at radius 1 is 0.614 bits per heavy atom. The Balaban J connectivity index is 0.00000270. The second-order valence-electron chi connectivity index (χ2n) is 13.8. The van der Waals surface area contributed by atoms with Crippen LogP contribution in [-0.4, -0.2) is 6.04 Å². The summed E-state index contributed by atoms with van der Waals surface area (Å²) in [6.45, 7) is 12.6. The summed E-state index contributed by atoms with van der Waals surface area (Å²) < 4.78 is 0. The molecule has 0 saturated carbocycles. The summed E-state index contributed by atoms with van der Waals surface area (Å²) in [5.74, 6) is 0. The van der Waals surface area contributed by atoms with Gasteiger partial charge in [0.05, 0.1) is 22.4 Å². The maximum atomic E-state index is 2.50. The van der Waals surface area contributed by atoms with Gasteiger partial charge in [0, 0.05) is 22.5 Å². The molecule has 3 heteroatoms. The maximum Gasteiger partial charge on any atom is 0.0959 e. The molecule has 7 rings (SSSR count). The van der Waals surface area contributed by atoms with E-state index in [2.05, 4.69) is 237 Å². The van der Waals surface area contributed by atoms with E-state index in [1.165, 1.54) is 55.2 Å². The van der Waals surface area contributed by atoms with Crippen molar-refractivity contribution in [1.29, 1.82) is 0 Å². The first kappa shape index (κ1) is 40.5. The molecule has 1 aliphatic carbocycles. The number of benzene rings is 5. The summed E-state index contributed by atoms with van der Waals surface area (Å²) in [6, 6.07) is 52.3. The molecule has 0 bridgehead atoms. The molecule has 0 aliphatic heterocycles. The van der Waals surface area contributed by atoms with Gasteiger partial charge in [-0.05, 0) is 115 Å². The van der Waals surface area contributed by atoms with E-state index in [0.717, 1.165) is 23.5 Å². The lowest BCUT2D eigenvalue weighted by Gasteiger charge is -2.33. The lowest BCUT2D eigenvalue weighted by Crippen LogP contribution is -2.30. The zero-order chi connectivity index (χ0) is 40.0. The highest BCUT2D eigenvalue weighted by Gasteiger charge is 2.24. The van der Waals surface area contributed by atoms with Crippen molar-refractivity contribution in [3.05, 3.63) is 222 Å². The molecule has 0 saturated heterocycles. The quantitative estimate of drug-likeness (QED) is 0.115. The zero-order valence-corrected chi connectivity index (χ0v) is 35.0. The molecule has 0 radical (unpaired) electrons. The fourth-order valence-corrected chi connectivity index (χ4v) is 8.00. The third-order valence-corrected chi connectivity index (χ3v) is 11.0. The standard InChI is InChI=1S/C52H48N2S.C2H6/c1-5-6-18-41(4)53(50-25-15-13-23-48(50)44-19-9-7-10-20-44)46-34-30-42(31-35-46)39(2)28-29-40(3)43-32-36-47(37-33-43)54(52-27-17-38-55-52)51-26-16-14-24-49(51)45-21-11-8-12-22-45;1-2/h5-36,38,47H,37H2,1-4H3;1-2H3/b6-5-,39-28+,40-29+,41-18+;. The van der Waals surface area contributed by atoms with Crippen LogP contribution in [0.5, 0.6) is 0 Å². The average Bonchev–Trinajstić information content (AvgIpc) is 3.82. The molecule has 1 atom stereocenters. The summed E-state index contributed by atoms with van der Waals surface area (Å²) in [4.78, 5) is 4.85. The van der Waals surface area contributed by atoms with Gasteiger partial charge in [0.25, 0.3) is 0 Å². The van der Waals surface area contributed by atoms with E-state index in [1.54, 1.807) is 11.3 Å². The van der Waals surface area contributed by atoms with Gasteiger partial charge in [0.2, 0.25) is 0 Å². The van der Waals surface area contributed by atoms with Crippen molar-refractivity contribution in [3.8, 4) is 22.3 Å². The molecule has 0 fully saturated rings. The Bertz CT molecular complexity index is 2370. The second-order valence-corrected chi connectivity index (χ2v) is 14.8. The largest absolute Gasteiger partial charge is 0.325 e. The molecule has 1 aromatic heterocycles. The topological polar surface area (TPSA) is 6.48 Å². The van der Waals surface area contributed by atoms with Crippen LogP contribution in [-0.2, 0) is 0 Å². The summed E-state index contributed by atoms with van der Waals surface area (Å²) in [6.07, 6.45) is 18.8. The first-order valence-electron chi connectivity index (χ1n) is 20.1. The molecule has 0 spiro atoms. The van der Waals surface area contributed by atoms with Crippen LogP contribution < -0.4 is 9.80 Å². The molecule has 1 aliphatic rings. The van der Waals surface area contributed by atoms with E-state index >= 15 is 0 Å². The Morgan fingerprint density at radius 2 is 1.19 bits per heavy atom. The first-order valence-corrected chi connectivity index (χ1v) is 21.0. The van der Waals surface area contributed by atoms with Gasteiger partial charge in [-0.3, -0.25) is 0 Å². The van der Waals surface area contributed by atoms with Crippen molar-refractivity contribution in [1.82, 2.24) is 0 Å². The fraction of sp³-hybridized carbons (Fsp3) is 0.148. The van der Waals surface area contributed by atoms with Gasteiger partial charge < -0.3 is 9.80 Å². The summed E-state index contributed by atoms with van der Waals surface area (Å²) in [5, 5.41) is 3.42. The highest BCUT2D eigenvalue weighted by molar-refractivity contribution is 7.14. The molecule has 1 heterocycles. The van der Waals surface area contributed by atoms with Gasteiger partial charge in [-0.15, -0.1) is 11.3 Å². The summed E-state index contributed by atoms with van der Waals surface area (Å²) >= 11 is 1.79. The molecular weight excluding hydrogens is 709 g/mol. The molecule has 1 unspecified atom stereocenters. The van der Waals surface area contributed by atoms with Crippen LogP contribution >= 0.6 is 11.3 Å². The lowest BCUT2D eigenvalue weighted by molar-refractivity contribution is 0.786. The van der Waals surface area contributed by atoms with Crippen molar-refractivity contribution in [3.63, 3.8) is 0 Å². The molecule has 286 valence electrons. The molecule has 0 N–H and O–H groups in total. The maximum absolute atomic E-state index is 2.50. The van der Waals surface area contributed by atoms with Gasteiger partial charge in [-0.2, -0.15) is 0 Å². The molecular formula is C54H54N2S. The van der Waals surface area contributed by atoms with Crippen molar-refractivity contribution in [2.45, 2.75) is 54.0 Å². The van der Waals surface area contributed by atoms with Crippen LogP contribution in [0.1, 0.15) is 53.5 Å². The van der Waals surface area contributed by atoms with Crippen LogP contribution in [0.15, 0.2) is 216 Å². The Morgan fingerprint density at radius 3 is 1.77 bits per heavy atom. The summed E-state index contributed by atoms with van der Waals surface area (Å²) in [7, 11) is 0. The van der Waals surface area contributed by atoms with Gasteiger partial charge in [-0.25, -0.2) is 0 Å². The van der Waals surface area contributed by atoms with Crippen LogP contribution in [0.25, 0.3) is 27.8 Å². The molecule has 2 nitrogen and oxygen atoms in total. The van der Waals surface area contributed by atoms with Crippen LogP contribution in [0.2, 0.25) is 0 Å². The van der Waals surface area contributed by atoms with E-state index in [-0.39, 0.29) is 6.04 Å². The number of nitrogens with zero attached hydrogens (tertiary/aromatic N) is 2. The zero-order valence-electron chi connectivity index (χ0n) is 34.1. The van der Waals surface area contributed by atoms with Crippen LogP contribution in [0.4, 0.5) is 22.1 Å². The number of rotatable bonds is 12. The Kier molecular flexibility index (Phi) is 14.3. The van der Waals surface area contributed by atoms with Crippen LogP contribution in [0.3, 0.4) is 0 Å². The third-order valence-electron chi connectivity index (χ3n) is 10.1. The normalized spacial score (nSPS) is 14.5. The number of anilines is 4. The van der Waals surface area contributed by atoms with Gasteiger partial charge in [-0.1, -0.05) is 166 Å². The lowest BCUT2D eigenvalue weighted by atomic mass is 9.95. The molecule has 57 heavy (non-hydrogen) atoms. The average molecular weight is 763 g/mol. The number of hydrogen-bond acceptors (Lipinski definition) is 3. The van der Waals surface area contributed by atoms with Crippen LogP contribution in [0, 0.1) is 0 Å². The van der Waals surface area contributed by atoms with Gasteiger partial charge in [0.1, 0.15) is 0 Å². The minimum atomic E-state index is 0.214. The minimum Gasteiger partial charge on any atom is -0.325 e. The summed E-state index contributed by atoms with van der Waals surface area (Å²) in [5.41, 5.74) is 14.5. The molecule has 6 aromatic rings. The van der Waals surface area contributed by atoms with Crippen molar-refractivity contribution >= 4 is 39.0 Å². The van der Waals surface area contributed by atoms with Gasteiger partial charge >= 0.3 is 0 Å². The SMILES string of the molecule is C/C=C\C=C(/C)N(c1ccc(/C(C)=C/C=C(\C)C2=CCC(N(c3cccs3)c3ccccc3-c3ccccc3)C=C2)cc1)c1ccccc1-c1ccccc1.CC. The highest BCUT2D eigenvalue weighted by atomic mass is 32.1. The van der Waals surface area contributed by atoms with E-state index < -0.39 is 0 Å². The fourth-order valence-electron chi connectivity index (χ4n) is 7.20. The van der Waals surface area contributed by atoms with E-state index in [4.69, 9.17) is 0 Å². The van der Waals surface area contributed by atoms with E-state index in [0.29, 0.717) is 0 Å². The van der Waals surface area contributed by atoms with Crippen molar-refractivity contribution in [2.24, 2.45) is 0 Å². The number of thiophene rings is 1. The number of allylic oxidation sites excluding steroid dienone is 10. The highest BCUT2D eigenvalue weighted by Crippen LogP contribution is 2.41. The predicted molar refractivity (Wildman–Crippen MR) is 252 cm³/mol. The number of para-hydroxylation sites is 2. The minimum absolute atomic E-state index is 0.214. The third kappa shape index (κ3) is 9.81. The monoisotopic (exact) mass is 762 g/mol. The smallest absolute Gasteiger partial charge is 0.0959 e. The van der Waals surface area contributed by atoms with Gasteiger partial charge in [0.15, 0.2) is 0 Å². The Hall–Kier alpha value is -6.16. The number of hydrogen-bond donors (Lipinski definition) is 0. The molecule has 5 aromatic carbocycles. The van der Waals surface area contributed by atoms with E-state index in [9.17, 15) is 0 Å². The van der Waals surface area contributed by atoms with Crippen molar-refractivity contribution in [2.75, 3.05) is 9.80 Å².